The molecule has 0 saturated carbocycles. The molecule has 196 valence electrons. The molecule has 0 fully saturated rings. The third kappa shape index (κ3) is 5.72. The Labute approximate surface area is 222 Å². The van der Waals surface area contributed by atoms with Crippen LogP contribution in [-0.4, -0.2) is 62.2 Å². The van der Waals surface area contributed by atoms with Crippen molar-refractivity contribution in [2.24, 2.45) is 5.10 Å². The van der Waals surface area contributed by atoms with Crippen LogP contribution >= 0.6 is 11.6 Å². The first-order chi connectivity index (χ1) is 17.6. The number of nitrogens with one attached hydrogen (secondary N) is 2. The van der Waals surface area contributed by atoms with Crippen molar-refractivity contribution in [1.29, 1.82) is 0 Å². The van der Waals surface area contributed by atoms with Gasteiger partial charge in [-0.1, -0.05) is 23.7 Å². The Balaban J connectivity index is 1.63. The van der Waals surface area contributed by atoms with Crippen molar-refractivity contribution in [3.05, 3.63) is 53.2 Å². The number of sulfone groups is 1. The van der Waals surface area contributed by atoms with Crippen molar-refractivity contribution < 1.29 is 13.2 Å². The average Bonchev–Trinajstić information content (AvgIpc) is 2.87. The second-order valence-electron chi connectivity index (χ2n) is 8.87. The summed E-state index contributed by atoms with van der Waals surface area (Å²) >= 11 is 6.37. The fourth-order valence-corrected chi connectivity index (χ4v) is 5.13. The van der Waals surface area contributed by atoms with Gasteiger partial charge in [-0.05, 0) is 44.5 Å². The van der Waals surface area contributed by atoms with Crippen molar-refractivity contribution in [2.45, 2.75) is 30.9 Å². The summed E-state index contributed by atoms with van der Waals surface area (Å²) in [7, 11) is 0.00610. The molecule has 3 aromatic rings. The van der Waals surface area contributed by atoms with Crippen LogP contribution in [0, 0.1) is 6.92 Å². The Morgan fingerprint density at radius 1 is 1.11 bits per heavy atom. The lowest BCUT2D eigenvalue weighted by atomic mass is 10.1. The van der Waals surface area contributed by atoms with E-state index in [0.29, 0.717) is 17.1 Å². The molecule has 0 unspecified atom stereocenters. The van der Waals surface area contributed by atoms with Crippen LogP contribution in [0.25, 0.3) is 0 Å². The number of hydrogen-bond acceptors (Lipinski definition) is 10. The van der Waals surface area contributed by atoms with Crippen LogP contribution in [0.4, 0.5) is 28.8 Å². The number of benzene rings is 2. The van der Waals surface area contributed by atoms with Gasteiger partial charge in [-0.2, -0.15) is 10.1 Å². The van der Waals surface area contributed by atoms with Crippen LogP contribution < -0.4 is 20.3 Å². The van der Waals surface area contributed by atoms with E-state index in [1.165, 1.54) is 6.20 Å². The van der Waals surface area contributed by atoms with Crippen molar-refractivity contribution in [3.8, 4) is 5.75 Å². The van der Waals surface area contributed by atoms with Crippen LogP contribution in [0.5, 0.6) is 5.75 Å². The molecule has 0 aliphatic carbocycles. The smallest absolute Gasteiger partial charge is 0.229 e. The lowest BCUT2D eigenvalue weighted by molar-refractivity contribution is 0.353. The van der Waals surface area contributed by atoms with E-state index in [4.69, 9.17) is 16.3 Å². The summed E-state index contributed by atoms with van der Waals surface area (Å²) in [6.45, 7) is 6.91. The zero-order valence-electron chi connectivity index (χ0n) is 21.4. The van der Waals surface area contributed by atoms with E-state index in [1.54, 1.807) is 51.6 Å². The zero-order chi connectivity index (χ0) is 26.7. The second kappa shape index (κ2) is 10.8. The van der Waals surface area contributed by atoms with E-state index >= 15 is 0 Å². The quantitative estimate of drug-likeness (QED) is 0.413. The molecule has 1 aliphatic rings. The molecular formula is C25H30ClN7O3S. The number of ether oxygens (including phenoxy) is 1. The van der Waals surface area contributed by atoms with Gasteiger partial charge in [0.15, 0.2) is 15.7 Å². The summed E-state index contributed by atoms with van der Waals surface area (Å²) in [6, 6.07) is 10.6. The highest BCUT2D eigenvalue weighted by atomic mass is 35.5. The van der Waals surface area contributed by atoms with E-state index in [-0.39, 0.29) is 21.7 Å². The van der Waals surface area contributed by atoms with Crippen LogP contribution in [0.15, 0.2) is 52.6 Å². The van der Waals surface area contributed by atoms with E-state index in [9.17, 15) is 8.42 Å². The SMILES string of the molecule is COc1cc(N2C=NN(C)CC2)c(C)cc1Nc1ncc(Cl)c(Nc2ccccc2S(=O)(=O)C(C)C)n1. The number of methoxy groups -OCH3 is 1. The highest BCUT2D eigenvalue weighted by Gasteiger charge is 2.23. The lowest BCUT2D eigenvalue weighted by Gasteiger charge is -2.29. The van der Waals surface area contributed by atoms with Gasteiger partial charge in [-0.15, -0.1) is 0 Å². The van der Waals surface area contributed by atoms with E-state index in [0.717, 1.165) is 24.3 Å². The van der Waals surface area contributed by atoms with Crippen LogP contribution in [0.3, 0.4) is 0 Å². The van der Waals surface area contributed by atoms with Gasteiger partial charge < -0.3 is 20.3 Å². The molecule has 2 heterocycles. The van der Waals surface area contributed by atoms with Gasteiger partial charge >= 0.3 is 0 Å². The molecule has 0 atom stereocenters. The summed E-state index contributed by atoms with van der Waals surface area (Å²) in [4.78, 5) is 11.0. The van der Waals surface area contributed by atoms with Gasteiger partial charge in [0.25, 0.3) is 0 Å². The predicted molar refractivity (Wildman–Crippen MR) is 149 cm³/mol. The molecule has 2 N–H and O–H groups in total. The van der Waals surface area contributed by atoms with Gasteiger partial charge in [-0.25, -0.2) is 13.4 Å². The topological polar surface area (TPSA) is 112 Å². The third-order valence-electron chi connectivity index (χ3n) is 5.94. The Kier molecular flexibility index (Phi) is 7.74. The number of para-hydroxylation sites is 1. The average molecular weight is 544 g/mol. The van der Waals surface area contributed by atoms with E-state index in [1.807, 2.05) is 31.1 Å². The number of hydrazone groups is 1. The summed E-state index contributed by atoms with van der Waals surface area (Å²) in [5.74, 6) is 1.14. The summed E-state index contributed by atoms with van der Waals surface area (Å²) < 4.78 is 31.3. The number of anilines is 5. The highest BCUT2D eigenvalue weighted by molar-refractivity contribution is 7.92. The molecule has 0 radical (unpaired) electrons. The largest absolute Gasteiger partial charge is 0.494 e. The standard InChI is InChI=1S/C25H30ClN7O3S/c1-16(2)37(34,35)23-9-7-6-8-19(23)29-24-18(26)14-27-25(31-24)30-20-12-17(3)21(13-22(20)36-5)33-11-10-32(4)28-15-33/h6-9,12-16H,10-11H2,1-5H3,(H2,27,29,30,31). The summed E-state index contributed by atoms with van der Waals surface area (Å²) in [5, 5.41) is 12.2. The van der Waals surface area contributed by atoms with Gasteiger partial charge in [-0.3, -0.25) is 5.01 Å². The van der Waals surface area contributed by atoms with E-state index < -0.39 is 15.1 Å². The minimum Gasteiger partial charge on any atom is -0.494 e. The molecule has 4 rings (SSSR count). The molecule has 0 amide bonds. The number of likely N-dealkylation sites (N-methyl/N-ethyl adjacent to an activating group) is 1. The Morgan fingerprint density at radius 2 is 1.86 bits per heavy atom. The summed E-state index contributed by atoms with van der Waals surface area (Å²) in [5.41, 5.74) is 3.06. The second-order valence-corrected chi connectivity index (χ2v) is 11.8. The maximum Gasteiger partial charge on any atom is 0.229 e. The molecule has 12 heteroatoms. The fraction of sp³-hybridized carbons (Fsp3) is 0.320. The monoisotopic (exact) mass is 543 g/mol. The van der Waals surface area contributed by atoms with Gasteiger partial charge in [0.2, 0.25) is 5.95 Å². The van der Waals surface area contributed by atoms with Crippen molar-refractivity contribution in [1.82, 2.24) is 15.0 Å². The third-order valence-corrected chi connectivity index (χ3v) is 8.42. The first kappa shape index (κ1) is 26.5. The maximum atomic E-state index is 12.9. The number of aromatic nitrogens is 2. The lowest BCUT2D eigenvalue weighted by Crippen LogP contribution is -2.36. The molecule has 0 bridgehead atoms. The number of nitrogens with zero attached hydrogens (tertiary/aromatic N) is 5. The van der Waals surface area contributed by atoms with Crippen LogP contribution in [-0.2, 0) is 9.84 Å². The molecule has 37 heavy (non-hydrogen) atoms. The van der Waals surface area contributed by atoms with Crippen LogP contribution in [0.2, 0.25) is 5.02 Å². The number of hydrogen-bond donors (Lipinski definition) is 2. The Morgan fingerprint density at radius 3 is 2.54 bits per heavy atom. The first-order valence-electron chi connectivity index (χ1n) is 11.7. The molecule has 1 aliphatic heterocycles. The minimum absolute atomic E-state index is 0.175. The molecular weight excluding hydrogens is 514 g/mol. The van der Waals surface area contributed by atoms with Gasteiger partial charge in [0, 0.05) is 25.3 Å². The number of halogens is 1. The maximum absolute atomic E-state index is 12.9. The van der Waals surface area contributed by atoms with Crippen molar-refractivity contribution >= 4 is 56.6 Å². The Bertz CT molecular complexity index is 1430. The minimum atomic E-state index is -3.53. The molecule has 2 aromatic carbocycles. The van der Waals surface area contributed by atoms with Crippen LogP contribution in [0.1, 0.15) is 19.4 Å². The number of aryl methyl sites for hydroxylation is 1. The zero-order valence-corrected chi connectivity index (χ0v) is 22.9. The summed E-state index contributed by atoms with van der Waals surface area (Å²) in [6.07, 6.45) is 3.25. The fourth-order valence-electron chi connectivity index (χ4n) is 3.79. The molecule has 10 nitrogen and oxygen atoms in total. The normalized spacial score (nSPS) is 13.7. The number of rotatable bonds is 8. The Hall–Kier alpha value is -3.57. The van der Waals surface area contributed by atoms with Crippen molar-refractivity contribution in [3.63, 3.8) is 0 Å². The molecule has 1 aromatic heterocycles. The van der Waals surface area contributed by atoms with Gasteiger partial charge in [0.1, 0.15) is 17.1 Å². The molecule has 0 saturated heterocycles. The van der Waals surface area contributed by atoms with Gasteiger partial charge in [0.05, 0.1) is 41.4 Å². The predicted octanol–water partition coefficient (Wildman–Crippen LogP) is 4.81. The van der Waals surface area contributed by atoms with Crippen molar-refractivity contribution in [2.75, 3.05) is 42.8 Å². The first-order valence-corrected chi connectivity index (χ1v) is 13.6. The van der Waals surface area contributed by atoms with E-state index in [2.05, 4.69) is 30.6 Å². The molecule has 0 spiro atoms. The highest BCUT2D eigenvalue weighted by Crippen LogP contribution is 2.36.